The Morgan fingerprint density at radius 2 is 1.96 bits per heavy atom. The van der Waals surface area contributed by atoms with Gasteiger partial charge in [0.2, 0.25) is 22.7 Å². The number of benzene rings is 1. The lowest BCUT2D eigenvalue weighted by molar-refractivity contribution is -0.119. The average Bonchev–Trinajstić information content (AvgIpc) is 2.99. The lowest BCUT2D eigenvalue weighted by Crippen LogP contribution is -2.43. The minimum absolute atomic E-state index is 0.102. The second-order valence-corrected chi connectivity index (χ2v) is 7.78. The van der Waals surface area contributed by atoms with Crippen molar-refractivity contribution in [2.75, 3.05) is 50.6 Å². The number of hydrogen-bond donors (Lipinski definition) is 1. The third kappa shape index (κ3) is 4.51. The number of fused-ring (bicyclic) bond motifs is 1. The summed E-state index contributed by atoms with van der Waals surface area (Å²) in [6.45, 7) is 2.50. The Morgan fingerprint density at radius 3 is 2.62 bits per heavy atom. The van der Waals surface area contributed by atoms with Gasteiger partial charge in [-0.2, -0.15) is 0 Å². The van der Waals surface area contributed by atoms with Crippen molar-refractivity contribution in [3.63, 3.8) is 0 Å². The number of sulfonamides is 1. The Labute approximate surface area is 142 Å². The van der Waals surface area contributed by atoms with Gasteiger partial charge in [-0.15, -0.1) is 0 Å². The van der Waals surface area contributed by atoms with Crippen LogP contribution in [0.2, 0.25) is 0 Å². The van der Waals surface area contributed by atoms with Crippen molar-refractivity contribution in [1.82, 2.24) is 10.2 Å². The van der Waals surface area contributed by atoms with Crippen LogP contribution in [0.5, 0.6) is 11.5 Å². The summed E-state index contributed by atoms with van der Waals surface area (Å²) in [5.41, 5.74) is 0.379. The number of anilines is 1. The van der Waals surface area contributed by atoms with Crippen LogP contribution >= 0.6 is 0 Å². The van der Waals surface area contributed by atoms with E-state index in [4.69, 9.17) is 9.47 Å². The first-order valence-electron chi connectivity index (χ1n) is 7.65. The van der Waals surface area contributed by atoms with Crippen molar-refractivity contribution in [2.45, 2.75) is 6.92 Å². The van der Waals surface area contributed by atoms with Gasteiger partial charge < -0.3 is 19.7 Å². The zero-order chi connectivity index (χ0) is 17.7. The van der Waals surface area contributed by atoms with Crippen LogP contribution < -0.4 is 19.1 Å². The highest BCUT2D eigenvalue weighted by atomic mass is 32.2. The van der Waals surface area contributed by atoms with E-state index < -0.39 is 10.0 Å². The minimum atomic E-state index is -3.60. The SMILES string of the molecule is CCS(=O)(=O)N(CC(=O)NCCN(C)C)c1ccc2c(c1)OCO2. The fourth-order valence-electron chi connectivity index (χ4n) is 2.15. The molecular weight excluding hydrogens is 334 g/mol. The second kappa shape index (κ2) is 7.71. The Kier molecular flexibility index (Phi) is 5.89. The van der Waals surface area contributed by atoms with Crippen LogP contribution in [0.25, 0.3) is 0 Å². The molecule has 1 aromatic carbocycles. The Bertz CT molecular complexity index is 690. The molecule has 0 atom stereocenters. The molecule has 1 amide bonds. The van der Waals surface area contributed by atoms with Crippen molar-refractivity contribution >= 4 is 21.6 Å². The van der Waals surface area contributed by atoms with Gasteiger partial charge in [0.25, 0.3) is 0 Å². The molecule has 8 nitrogen and oxygen atoms in total. The van der Waals surface area contributed by atoms with Crippen LogP contribution in [-0.2, 0) is 14.8 Å². The van der Waals surface area contributed by atoms with Gasteiger partial charge >= 0.3 is 0 Å². The van der Waals surface area contributed by atoms with E-state index in [1.807, 2.05) is 19.0 Å². The molecule has 0 unspecified atom stereocenters. The normalized spacial score (nSPS) is 13.2. The summed E-state index contributed by atoms with van der Waals surface area (Å²) in [5.74, 6) is 0.568. The van der Waals surface area contributed by atoms with Gasteiger partial charge in [-0.25, -0.2) is 8.42 Å². The van der Waals surface area contributed by atoms with Gasteiger partial charge in [-0.3, -0.25) is 9.10 Å². The van der Waals surface area contributed by atoms with Crippen molar-refractivity contribution < 1.29 is 22.7 Å². The summed E-state index contributed by atoms with van der Waals surface area (Å²) in [4.78, 5) is 14.0. The van der Waals surface area contributed by atoms with E-state index in [0.717, 1.165) is 4.31 Å². The van der Waals surface area contributed by atoms with Gasteiger partial charge in [-0.05, 0) is 33.2 Å². The smallest absolute Gasteiger partial charge is 0.240 e. The molecular formula is C15H23N3O5S. The van der Waals surface area contributed by atoms with E-state index >= 15 is 0 Å². The van der Waals surface area contributed by atoms with Crippen molar-refractivity contribution in [1.29, 1.82) is 0 Å². The molecule has 1 heterocycles. The maximum Gasteiger partial charge on any atom is 0.240 e. The highest BCUT2D eigenvalue weighted by Gasteiger charge is 2.25. The number of carbonyl (C=O) groups excluding carboxylic acids is 1. The first kappa shape index (κ1) is 18.3. The molecule has 1 aliphatic rings. The van der Waals surface area contributed by atoms with Gasteiger partial charge in [-0.1, -0.05) is 0 Å². The van der Waals surface area contributed by atoms with E-state index in [0.29, 0.717) is 30.3 Å². The van der Waals surface area contributed by atoms with Crippen LogP contribution in [0.1, 0.15) is 6.92 Å². The summed E-state index contributed by atoms with van der Waals surface area (Å²) in [7, 11) is 0.189. The first-order valence-corrected chi connectivity index (χ1v) is 9.26. The maximum atomic E-state index is 12.4. The molecule has 0 spiro atoms. The molecule has 1 aliphatic heterocycles. The number of hydrogen-bond acceptors (Lipinski definition) is 6. The molecule has 0 bridgehead atoms. The highest BCUT2D eigenvalue weighted by Crippen LogP contribution is 2.36. The van der Waals surface area contributed by atoms with Gasteiger partial charge in [0.1, 0.15) is 6.54 Å². The van der Waals surface area contributed by atoms with E-state index in [9.17, 15) is 13.2 Å². The Morgan fingerprint density at radius 1 is 1.25 bits per heavy atom. The molecule has 9 heteroatoms. The van der Waals surface area contributed by atoms with Crippen LogP contribution in [0.3, 0.4) is 0 Å². The third-order valence-corrected chi connectivity index (χ3v) is 5.25. The number of carbonyl (C=O) groups is 1. The lowest BCUT2D eigenvalue weighted by Gasteiger charge is -2.23. The standard InChI is InChI=1S/C15H23N3O5S/c1-4-24(20,21)18(10-15(19)16-7-8-17(2)3)12-5-6-13-14(9-12)23-11-22-13/h5-6,9H,4,7-8,10-11H2,1-3H3,(H,16,19). The van der Waals surface area contributed by atoms with Gasteiger partial charge in [0, 0.05) is 19.2 Å². The maximum absolute atomic E-state index is 12.4. The molecule has 24 heavy (non-hydrogen) atoms. The molecule has 1 N–H and O–H groups in total. The summed E-state index contributed by atoms with van der Waals surface area (Å²) in [6, 6.07) is 4.82. The van der Waals surface area contributed by atoms with E-state index in [-0.39, 0.29) is 25.0 Å². The quantitative estimate of drug-likeness (QED) is 0.717. The van der Waals surface area contributed by atoms with Crippen LogP contribution in [-0.4, -0.2) is 65.5 Å². The predicted molar refractivity (Wildman–Crippen MR) is 90.9 cm³/mol. The number of rotatable bonds is 8. The summed E-state index contributed by atoms with van der Waals surface area (Å²) in [6.07, 6.45) is 0. The second-order valence-electron chi connectivity index (χ2n) is 5.60. The molecule has 0 aromatic heterocycles. The number of likely N-dealkylation sites (N-methyl/N-ethyl adjacent to an activating group) is 1. The fourth-order valence-corrected chi connectivity index (χ4v) is 3.21. The molecule has 1 aromatic rings. The van der Waals surface area contributed by atoms with Crippen LogP contribution in [0.4, 0.5) is 5.69 Å². The minimum Gasteiger partial charge on any atom is -0.454 e. The molecule has 0 saturated heterocycles. The predicted octanol–water partition coefficient (Wildman–Crippen LogP) is 0.249. The summed E-state index contributed by atoms with van der Waals surface area (Å²) in [5, 5.41) is 2.72. The highest BCUT2D eigenvalue weighted by molar-refractivity contribution is 7.92. The zero-order valence-electron chi connectivity index (χ0n) is 14.1. The largest absolute Gasteiger partial charge is 0.454 e. The van der Waals surface area contributed by atoms with Crippen LogP contribution in [0.15, 0.2) is 18.2 Å². The average molecular weight is 357 g/mol. The van der Waals surface area contributed by atoms with E-state index in [1.165, 1.54) is 0 Å². The van der Waals surface area contributed by atoms with Crippen molar-refractivity contribution in [3.05, 3.63) is 18.2 Å². The molecule has 134 valence electrons. The number of amides is 1. The number of ether oxygens (including phenoxy) is 2. The molecule has 0 aliphatic carbocycles. The van der Waals surface area contributed by atoms with E-state index in [1.54, 1.807) is 25.1 Å². The topological polar surface area (TPSA) is 88.2 Å². The summed E-state index contributed by atoms with van der Waals surface area (Å²) < 4.78 is 36.4. The molecule has 2 rings (SSSR count). The first-order chi connectivity index (χ1) is 11.3. The third-order valence-electron chi connectivity index (χ3n) is 3.51. The lowest BCUT2D eigenvalue weighted by atomic mass is 10.3. The van der Waals surface area contributed by atoms with Gasteiger partial charge in [0.05, 0.1) is 11.4 Å². The van der Waals surface area contributed by atoms with Crippen LogP contribution in [0, 0.1) is 0 Å². The fraction of sp³-hybridized carbons (Fsp3) is 0.533. The summed E-state index contributed by atoms with van der Waals surface area (Å²) >= 11 is 0. The number of nitrogens with zero attached hydrogens (tertiary/aromatic N) is 2. The van der Waals surface area contributed by atoms with Crippen molar-refractivity contribution in [2.24, 2.45) is 0 Å². The van der Waals surface area contributed by atoms with Gasteiger partial charge in [0.15, 0.2) is 11.5 Å². The molecule has 0 radical (unpaired) electrons. The van der Waals surface area contributed by atoms with E-state index in [2.05, 4.69) is 5.32 Å². The molecule has 0 saturated carbocycles. The Balaban J connectivity index is 2.15. The monoisotopic (exact) mass is 357 g/mol. The zero-order valence-corrected chi connectivity index (χ0v) is 14.9. The number of nitrogens with one attached hydrogen (secondary N) is 1. The van der Waals surface area contributed by atoms with Crippen molar-refractivity contribution in [3.8, 4) is 11.5 Å². The Hall–Kier alpha value is -2.00. The molecule has 0 fully saturated rings.